The molecule has 0 saturated carbocycles. The van der Waals surface area contributed by atoms with E-state index >= 15 is 0 Å². The molecule has 0 saturated heterocycles. The number of hydrogen-bond donors (Lipinski definition) is 0. The Morgan fingerprint density at radius 2 is 1.12 bits per heavy atom. The fourth-order valence-electron chi connectivity index (χ4n) is 4.62. The quantitative estimate of drug-likeness (QED) is 0.408. The summed E-state index contributed by atoms with van der Waals surface area (Å²) >= 11 is -5.41. The SMILES string of the molecule is C=C(C)C(=O)[O][Ti](=[CH2])([O]C(=O)C(=C)C)([CH]1C=Cc2ccccc21)[CH]1C=Cc2ccccc21. The molecule has 4 rings (SSSR count). The maximum absolute atomic E-state index is 13.1. The van der Waals surface area contributed by atoms with Gasteiger partial charge >= 0.3 is 190 Å². The Morgan fingerprint density at radius 3 is 1.50 bits per heavy atom. The van der Waals surface area contributed by atoms with Gasteiger partial charge in [0.1, 0.15) is 0 Å². The first-order chi connectivity index (χ1) is 15.1. The van der Waals surface area contributed by atoms with Gasteiger partial charge in [0.15, 0.2) is 0 Å². The number of hydrogen-bond acceptors (Lipinski definition) is 4. The van der Waals surface area contributed by atoms with Crippen LogP contribution in [0.4, 0.5) is 0 Å². The molecule has 0 radical (unpaired) electrons. The monoisotopic (exact) mass is 462 g/mol. The molecule has 0 amide bonds. The zero-order valence-corrected chi connectivity index (χ0v) is 19.9. The van der Waals surface area contributed by atoms with Gasteiger partial charge in [0.2, 0.25) is 0 Å². The summed E-state index contributed by atoms with van der Waals surface area (Å²) in [5.74, 6) is -1.22. The third kappa shape index (κ3) is 3.40. The summed E-state index contributed by atoms with van der Waals surface area (Å²) < 4.78 is 11.7. The Kier molecular flexibility index (Phi) is 5.40. The van der Waals surface area contributed by atoms with Crippen molar-refractivity contribution in [1.29, 1.82) is 0 Å². The van der Waals surface area contributed by atoms with Crippen molar-refractivity contribution in [3.63, 3.8) is 0 Å². The normalized spacial score (nSPS) is 18.6. The molecule has 32 heavy (non-hydrogen) atoms. The first kappa shape index (κ1) is 22.1. The first-order valence-corrected chi connectivity index (χ1v) is 14.7. The summed E-state index contributed by atoms with van der Waals surface area (Å²) in [5, 5.41) is 0. The molecule has 162 valence electrons. The number of allylic oxidation sites excluding steroid dienone is 2. The van der Waals surface area contributed by atoms with E-state index in [-0.39, 0.29) is 11.1 Å². The van der Waals surface area contributed by atoms with Gasteiger partial charge in [-0.3, -0.25) is 0 Å². The number of fused-ring (bicyclic) bond motifs is 2. The van der Waals surface area contributed by atoms with Gasteiger partial charge in [-0.2, -0.15) is 0 Å². The minimum atomic E-state index is -5.41. The van der Waals surface area contributed by atoms with E-state index in [4.69, 9.17) is 6.64 Å². The van der Waals surface area contributed by atoms with E-state index in [1.807, 2.05) is 72.8 Å². The first-order valence-electron chi connectivity index (χ1n) is 10.5. The van der Waals surface area contributed by atoms with Gasteiger partial charge in [-0.15, -0.1) is 0 Å². The van der Waals surface area contributed by atoms with Crippen LogP contribution in [0.5, 0.6) is 0 Å². The fourth-order valence-corrected chi connectivity index (χ4v) is 12.4. The molecular formula is C27H26O4Ti. The summed E-state index contributed by atoms with van der Waals surface area (Å²) in [6, 6.07) is 15.7. The van der Waals surface area contributed by atoms with Crippen molar-refractivity contribution < 1.29 is 31.8 Å². The van der Waals surface area contributed by atoms with E-state index in [1.54, 1.807) is 13.8 Å². The Bertz CT molecular complexity index is 1190. The second-order valence-corrected chi connectivity index (χ2v) is 15.7. The van der Waals surface area contributed by atoms with Crippen molar-refractivity contribution in [2.24, 2.45) is 0 Å². The second-order valence-electron chi connectivity index (χ2n) is 8.69. The molecule has 0 aromatic heterocycles. The van der Waals surface area contributed by atoms with Crippen LogP contribution in [0.15, 0.2) is 85.0 Å². The summed E-state index contributed by atoms with van der Waals surface area (Å²) in [6.07, 6.45) is 7.87. The Labute approximate surface area is 189 Å². The van der Waals surface area contributed by atoms with E-state index in [0.29, 0.717) is 0 Å². The summed E-state index contributed by atoms with van der Waals surface area (Å²) in [6.45, 7) is 10.7. The minimum absolute atomic E-state index is 0.223. The van der Waals surface area contributed by atoms with Gasteiger partial charge in [0, 0.05) is 0 Å². The van der Waals surface area contributed by atoms with E-state index in [1.165, 1.54) is 0 Å². The van der Waals surface area contributed by atoms with Crippen molar-refractivity contribution in [2.75, 3.05) is 0 Å². The number of benzene rings is 2. The average molecular weight is 462 g/mol. The van der Waals surface area contributed by atoms with Crippen molar-refractivity contribution in [2.45, 2.75) is 22.3 Å². The third-order valence-electron chi connectivity index (χ3n) is 6.25. The van der Waals surface area contributed by atoms with Crippen LogP contribution in [0, 0.1) is 0 Å². The van der Waals surface area contributed by atoms with Crippen LogP contribution in [0.25, 0.3) is 12.2 Å². The molecule has 2 aromatic carbocycles. The van der Waals surface area contributed by atoms with Crippen molar-refractivity contribution in [3.05, 3.63) is 107 Å². The van der Waals surface area contributed by atoms with Crippen molar-refractivity contribution in [3.8, 4) is 0 Å². The molecule has 0 heterocycles. The van der Waals surface area contributed by atoms with Crippen LogP contribution >= 0.6 is 0 Å². The van der Waals surface area contributed by atoms with E-state index in [2.05, 4.69) is 18.0 Å². The molecule has 4 nitrogen and oxygen atoms in total. The molecule has 0 fully saturated rings. The molecule has 5 heteroatoms. The standard InChI is InChI=1S/2C9H7.2C4H6O2.CH2.Ti/c2*1-2-5-9-7-3-6-8(9)4-1;2*1-3(2)4(5)6;;/h2*1-7H;2*1H2,2H3,(H,5,6);1H2;/q;;;;;+2/p-2. The zero-order valence-electron chi connectivity index (χ0n) is 18.3. The van der Waals surface area contributed by atoms with Crippen LogP contribution in [0.3, 0.4) is 0 Å². The van der Waals surface area contributed by atoms with Crippen molar-refractivity contribution >= 4 is 28.9 Å². The van der Waals surface area contributed by atoms with Crippen LogP contribution in [-0.4, -0.2) is 16.8 Å². The van der Waals surface area contributed by atoms with Gasteiger partial charge in [-0.25, -0.2) is 0 Å². The molecule has 2 atom stereocenters. The number of carbonyl (C=O) groups excluding carboxylic acids is 2. The second kappa shape index (κ2) is 7.81. The predicted octanol–water partition coefficient (Wildman–Crippen LogP) is 5.71. The molecule has 0 spiro atoms. The van der Waals surface area contributed by atoms with Crippen LogP contribution in [-0.2, 0) is 31.8 Å². The van der Waals surface area contributed by atoms with Crippen LogP contribution in [0.2, 0.25) is 0 Å². The molecule has 0 aliphatic heterocycles. The van der Waals surface area contributed by atoms with Crippen LogP contribution < -0.4 is 0 Å². The molecule has 2 aliphatic carbocycles. The summed E-state index contributed by atoms with van der Waals surface area (Å²) in [4.78, 5) is 30.8. The van der Waals surface area contributed by atoms with E-state index in [9.17, 15) is 9.59 Å². The molecule has 2 unspecified atom stereocenters. The topological polar surface area (TPSA) is 52.6 Å². The molecular weight excluding hydrogens is 436 g/mol. The predicted molar refractivity (Wildman–Crippen MR) is 125 cm³/mol. The molecule has 0 N–H and O–H groups in total. The Balaban J connectivity index is 2.03. The molecule has 0 bridgehead atoms. The number of carbonyl (C=O) groups is 2. The van der Waals surface area contributed by atoms with Crippen molar-refractivity contribution in [1.82, 2.24) is 0 Å². The van der Waals surface area contributed by atoms with Gasteiger partial charge in [0.25, 0.3) is 0 Å². The number of rotatable bonds is 6. The van der Waals surface area contributed by atoms with E-state index in [0.717, 1.165) is 22.3 Å². The third-order valence-corrected chi connectivity index (χ3v) is 13.9. The van der Waals surface area contributed by atoms with E-state index < -0.39 is 36.0 Å². The van der Waals surface area contributed by atoms with Crippen LogP contribution in [0.1, 0.15) is 44.5 Å². The van der Waals surface area contributed by atoms with Gasteiger partial charge < -0.3 is 0 Å². The molecule has 2 aliphatic rings. The van der Waals surface area contributed by atoms with Gasteiger partial charge in [-0.05, 0) is 0 Å². The van der Waals surface area contributed by atoms with Gasteiger partial charge in [-0.1, -0.05) is 0 Å². The molecule has 2 aromatic rings. The summed E-state index contributed by atoms with van der Waals surface area (Å²) in [7, 11) is 0. The Morgan fingerprint density at radius 1 is 0.750 bits per heavy atom. The average Bonchev–Trinajstić information content (AvgIpc) is 3.39. The zero-order chi connectivity index (χ0) is 23.1. The Hall–Kier alpha value is -3.08. The van der Waals surface area contributed by atoms with Gasteiger partial charge in [0.05, 0.1) is 0 Å². The fraction of sp³-hybridized carbons (Fsp3) is 0.148. The summed E-state index contributed by atoms with van der Waals surface area (Å²) in [5.41, 5.74) is 4.29. The maximum atomic E-state index is 13.1.